The molecule has 6 nitrogen and oxygen atoms in total. The highest BCUT2D eigenvalue weighted by molar-refractivity contribution is 6.99. The van der Waals surface area contributed by atoms with Gasteiger partial charge in [-0.05, 0) is 25.7 Å². The zero-order chi connectivity index (χ0) is 31.3. The number of aromatic nitrogens is 2. The molecular weight excluding hydrogens is 566 g/mol. The first kappa shape index (κ1) is 37.0. The SMILES string of the molecule is CCCCCCCCCCCCCCCC(OC(=O)C1CCCCC1)[N+]1(C)CCC=C(c2nsnc2OCCCCCC)C1. The van der Waals surface area contributed by atoms with Crippen LogP contribution in [0.15, 0.2) is 6.08 Å². The molecular formula is C37H66N3O3S+. The Morgan fingerprint density at radius 1 is 0.841 bits per heavy atom. The summed E-state index contributed by atoms with van der Waals surface area (Å²) < 4.78 is 22.5. The van der Waals surface area contributed by atoms with Crippen molar-refractivity contribution in [2.24, 2.45) is 5.92 Å². The van der Waals surface area contributed by atoms with E-state index in [1.54, 1.807) is 0 Å². The molecule has 3 rings (SSSR count). The number of quaternary nitrogens is 1. The van der Waals surface area contributed by atoms with E-state index in [9.17, 15) is 4.79 Å². The van der Waals surface area contributed by atoms with Gasteiger partial charge in [0.1, 0.15) is 12.2 Å². The van der Waals surface area contributed by atoms with Crippen LogP contribution in [0.1, 0.15) is 174 Å². The van der Waals surface area contributed by atoms with Crippen LogP contribution in [-0.4, -0.2) is 52.2 Å². The van der Waals surface area contributed by atoms with Crippen LogP contribution in [0.4, 0.5) is 0 Å². The molecule has 0 N–H and O–H groups in total. The number of carbonyl (C=O) groups is 1. The number of rotatable bonds is 24. The second-order valence-corrected chi connectivity index (χ2v) is 14.5. The quantitative estimate of drug-likeness (QED) is 0.0644. The summed E-state index contributed by atoms with van der Waals surface area (Å²) in [4.78, 5) is 13.4. The minimum Gasteiger partial charge on any atom is -0.475 e. The van der Waals surface area contributed by atoms with Gasteiger partial charge in [-0.25, -0.2) is 0 Å². The Morgan fingerprint density at radius 2 is 1.43 bits per heavy atom. The second-order valence-electron chi connectivity index (χ2n) is 14.0. The first-order valence-electron chi connectivity index (χ1n) is 18.8. The van der Waals surface area contributed by atoms with Crippen molar-refractivity contribution in [1.82, 2.24) is 8.75 Å². The van der Waals surface area contributed by atoms with Gasteiger partial charge in [-0.3, -0.25) is 9.28 Å². The molecule has 1 aromatic heterocycles. The molecule has 2 atom stereocenters. The maximum atomic E-state index is 13.4. The molecule has 0 saturated heterocycles. The van der Waals surface area contributed by atoms with Crippen LogP contribution in [-0.2, 0) is 9.53 Å². The zero-order valence-corrected chi connectivity index (χ0v) is 29.6. The van der Waals surface area contributed by atoms with E-state index in [4.69, 9.17) is 9.47 Å². The number of unbranched alkanes of at least 4 members (excludes halogenated alkanes) is 15. The van der Waals surface area contributed by atoms with Crippen molar-refractivity contribution in [2.45, 2.75) is 174 Å². The summed E-state index contributed by atoms with van der Waals surface area (Å²) in [5.41, 5.74) is 2.09. The van der Waals surface area contributed by atoms with Crippen LogP contribution in [0.3, 0.4) is 0 Å². The summed E-state index contributed by atoms with van der Waals surface area (Å²) in [6, 6.07) is 0. The summed E-state index contributed by atoms with van der Waals surface area (Å²) in [5.74, 6) is 0.810. The van der Waals surface area contributed by atoms with Gasteiger partial charge in [-0.1, -0.05) is 135 Å². The van der Waals surface area contributed by atoms with E-state index in [1.807, 2.05) is 0 Å². The lowest BCUT2D eigenvalue weighted by atomic mass is 9.89. The van der Waals surface area contributed by atoms with Gasteiger partial charge in [0.15, 0.2) is 0 Å². The van der Waals surface area contributed by atoms with Crippen molar-refractivity contribution in [3.63, 3.8) is 0 Å². The number of hydrogen-bond donors (Lipinski definition) is 0. The summed E-state index contributed by atoms with van der Waals surface area (Å²) in [6.45, 7) is 7.00. The fourth-order valence-corrected chi connectivity index (χ4v) is 7.59. The van der Waals surface area contributed by atoms with Crippen LogP contribution in [0.2, 0.25) is 0 Å². The Balaban J connectivity index is 1.50. The average Bonchev–Trinajstić information content (AvgIpc) is 3.51. The molecule has 1 fully saturated rings. The van der Waals surface area contributed by atoms with Gasteiger partial charge in [0, 0.05) is 18.4 Å². The normalized spacial score (nSPS) is 19.9. The summed E-state index contributed by atoms with van der Waals surface area (Å²) in [5, 5.41) is 0. The van der Waals surface area contributed by atoms with Gasteiger partial charge < -0.3 is 9.47 Å². The molecule has 0 radical (unpaired) electrons. The highest BCUT2D eigenvalue weighted by atomic mass is 32.1. The maximum Gasteiger partial charge on any atom is 0.313 e. The predicted octanol–water partition coefficient (Wildman–Crippen LogP) is 10.7. The van der Waals surface area contributed by atoms with E-state index in [1.165, 1.54) is 120 Å². The highest BCUT2D eigenvalue weighted by Gasteiger charge is 2.40. The van der Waals surface area contributed by atoms with Crippen LogP contribution in [0, 0.1) is 5.92 Å². The molecule has 252 valence electrons. The largest absolute Gasteiger partial charge is 0.475 e. The molecule has 44 heavy (non-hydrogen) atoms. The first-order chi connectivity index (χ1) is 21.6. The fourth-order valence-electron chi connectivity index (χ4n) is 7.06. The third-order valence-electron chi connectivity index (χ3n) is 10.0. The molecule has 0 aromatic carbocycles. The predicted molar refractivity (Wildman–Crippen MR) is 185 cm³/mol. The molecule has 1 aromatic rings. The molecule has 0 bridgehead atoms. The van der Waals surface area contributed by atoms with Crippen LogP contribution in [0.25, 0.3) is 5.57 Å². The summed E-state index contributed by atoms with van der Waals surface area (Å²) >= 11 is 1.24. The van der Waals surface area contributed by atoms with E-state index >= 15 is 0 Å². The third-order valence-corrected chi connectivity index (χ3v) is 10.5. The third kappa shape index (κ3) is 13.5. The fraction of sp³-hybridized carbons (Fsp3) is 0.865. The van der Waals surface area contributed by atoms with Crippen molar-refractivity contribution in [3.05, 3.63) is 11.8 Å². The summed E-state index contributed by atoms with van der Waals surface area (Å²) in [7, 11) is 2.29. The molecule has 7 heteroatoms. The van der Waals surface area contributed by atoms with Crippen LogP contribution >= 0.6 is 11.7 Å². The molecule has 1 aliphatic carbocycles. The molecule has 2 aliphatic rings. The lowest BCUT2D eigenvalue weighted by Gasteiger charge is -2.43. The molecule has 1 saturated carbocycles. The Bertz CT molecular complexity index is 929. The Labute approximate surface area is 274 Å². The second kappa shape index (κ2) is 22.1. The van der Waals surface area contributed by atoms with E-state index < -0.39 is 0 Å². The average molecular weight is 633 g/mol. The van der Waals surface area contributed by atoms with Crippen LogP contribution in [0.5, 0.6) is 5.88 Å². The molecule has 2 heterocycles. The van der Waals surface area contributed by atoms with E-state index in [0.717, 1.165) is 74.6 Å². The van der Waals surface area contributed by atoms with Crippen molar-refractivity contribution in [3.8, 4) is 5.88 Å². The number of esters is 1. The first-order valence-corrected chi connectivity index (χ1v) is 19.5. The van der Waals surface area contributed by atoms with Gasteiger partial charge in [0.2, 0.25) is 6.23 Å². The zero-order valence-electron chi connectivity index (χ0n) is 28.8. The van der Waals surface area contributed by atoms with Gasteiger partial charge in [-0.2, -0.15) is 4.37 Å². The molecule has 0 spiro atoms. The molecule has 0 amide bonds. The van der Waals surface area contributed by atoms with E-state index in [2.05, 4.69) is 35.7 Å². The van der Waals surface area contributed by atoms with Crippen molar-refractivity contribution >= 4 is 23.3 Å². The van der Waals surface area contributed by atoms with E-state index in [-0.39, 0.29) is 18.1 Å². The number of likely N-dealkylation sites (N-methyl/N-ethyl adjacent to an activating group) is 1. The topological polar surface area (TPSA) is 61.3 Å². The van der Waals surface area contributed by atoms with Gasteiger partial charge in [0.05, 0.1) is 37.8 Å². The Hall–Kier alpha value is -1.47. The monoisotopic (exact) mass is 632 g/mol. The molecule has 1 aliphatic heterocycles. The molecule has 2 unspecified atom stereocenters. The lowest BCUT2D eigenvalue weighted by Crippen LogP contribution is -2.57. The van der Waals surface area contributed by atoms with Crippen molar-refractivity contribution in [2.75, 3.05) is 26.7 Å². The number of ether oxygens (including phenoxy) is 2. The van der Waals surface area contributed by atoms with E-state index in [0.29, 0.717) is 12.5 Å². The maximum absolute atomic E-state index is 13.4. The van der Waals surface area contributed by atoms with Gasteiger partial charge in [0.25, 0.3) is 5.88 Å². The van der Waals surface area contributed by atoms with Crippen LogP contribution < -0.4 is 4.74 Å². The van der Waals surface area contributed by atoms with Crippen molar-refractivity contribution in [1.29, 1.82) is 0 Å². The van der Waals surface area contributed by atoms with Crippen molar-refractivity contribution < 1.29 is 18.8 Å². The minimum absolute atomic E-state index is 0.0475. The minimum atomic E-state index is -0.106. The number of nitrogens with zero attached hydrogens (tertiary/aromatic N) is 3. The number of carbonyl (C=O) groups excluding carboxylic acids is 1. The van der Waals surface area contributed by atoms with Gasteiger partial charge in [-0.15, -0.1) is 4.37 Å². The summed E-state index contributed by atoms with van der Waals surface area (Å²) in [6.07, 6.45) is 31.9. The Kier molecular flexibility index (Phi) is 18.6. The smallest absolute Gasteiger partial charge is 0.313 e. The Morgan fingerprint density at radius 3 is 2.07 bits per heavy atom. The number of hydrogen-bond acceptors (Lipinski definition) is 6. The lowest BCUT2D eigenvalue weighted by molar-refractivity contribution is -0.947. The van der Waals surface area contributed by atoms with Gasteiger partial charge >= 0.3 is 5.97 Å². The highest BCUT2D eigenvalue weighted by Crippen LogP contribution is 2.34. The standard InChI is InChI=1S/C37H66N3O3S/c1-4-6-8-10-11-12-13-14-15-16-17-18-22-28-34(43-37(41)32-25-20-19-21-26-32)40(3)29-24-27-33(31-40)35-36(39-44-38-35)42-30-23-9-7-5-2/h27,32,34H,4-26,28-31H2,1-3H3/q+1.